The van der Waals surface area contributed by atoms with Gasteiger partial charge in [0.05, 0.1) is 17.4 Å². The lowest BCUT2D eigenvalue weighted by Crippen LogP contribution is -2.35. The van der Waals surface area contributed by atoms with E-state index in [2.05, 4.69) is 84.6 Å². The summed E-state index contributed by atoms with van der Waals surface area (Å²) in [6.45, 7) is 8.57. The second-order valence-electron chi connectivity index (χ2n) is 8.96. The molecule has 2 aromatic carbocycles. The number of carbonyl (C=O) groups is 1. The Labute approximate surface area is 181 Å². The van der Waals surface area contributed by atoms with Crippen molar-refractivity contribution in [2.45, 2.75) is 46.6 Å². The number of carbonyl (C=O) groups excluding carboxylic acids is 1. The molecule has 0 aromatic heterocycles. The summed E-state index contributed by atoms with van der Waals surface area (Å²) in [6.07, 6.45) is 3.51. The molecule has 0 amide bonds. The van der Waals surface area contributed by atoms with Crippen LogP contribution in [0.15, 0.2) is 58.2 Å². The lowest BCUT2D eigenvalue weighted by atomic mass is 9.74. The molecule has 0 unspecified atom stereocenters. The molecule has 0 bridgehead atoms. The minimum atomic E-state index is -0.218. The Balaban J connectivity index is 1.85. The summed E-state index contributed by atoms with van der Waals surface area (Å²) in [5.41, 5.74) is 7.45. The number of hydrogen-bond acceptors (Lipinski definition) is 3. The highest BCUT2D eigenvalue weighted by atomic mass is 79.9. The predicted molar refractivity (Wildman–Crippen MR) is 125 cm³/mol. The number of benzene rings is 2. The van der Waals surface area contributed by atoms with Gasteiger partial charge < -0.3 is 10.6 Å². The number of aryl methyl sites for hydroxylation is 2. The number of hydrogen-bond donors (Lipinski definition) is 2. The van der Waals surface area contributed by atoms with Crippen molar-refractivity contribution in [3.8, 4) is 0 Å². The van der Waals surface area contributed by atoms with Gasteiger partial charge in [-0.1, -0.05) is 60.1 Å². The van der Waals surface area contributed by atoms with Crippen LogP contribution in [0.2, 0.25) is 0 Å². The van der Waals surface area contributed by atoms with Crippen molar-refractivity contribution in [1.29, 1.82) is 0 Å². The summed E-state index contributed by atoms with van der Waals surface area (Å²) in [5.74, 6) is 0.209. The molecule has 0 saturated carbocycles. The highest BCUT2D eigenvalue weighted by molar-refractivity contribution is 9.11. The average molecular weight is 451 g/mol. The third kappa shape index (κ3) is 4.04. The molecule has 1 atom stereocenters. The third-order valence-electron chi connectivity index (χ3n) is 5.81. The number of nitrogens with one attached hydrogen (secondary N) is 2. The molecule has 0 spiro atoms. The van der Waals surface area contributed by atoms with E-state index < -0.39 is 0 Å². The first-order valence-electron chi connectivity index (χ1n) is 10.1. The smallest absolute Gasteiger partial charge is 0.163 e. The Kier molecular flexibility index (Phi) is 5.16. The molecule has 2 N–H and O–H groups in total. The van der Waals surface area contributed by atoms with Crippen LogP contribution in [0.1, 0.15) is 43.4 Å². The van der Waals surface area contributed by atoms with Gasteiger partial charge in [0.25, 0.3) is 0 Å². The van der Waals surface area contributed by atoms with Gasteiger partial charge >= 0.3 is 0 Å². The topological polar surface area (TPSA) is 41.1 Å². The van der Waals surface area contributed by atoms with Crippen LogP contribution >= 0.6 is 15.9 Å². The highest BCUT2D eigenvalue weighted by Crippen LogP contribution is 2.44. The molecule has 0 saturated heterocycles. The molecule has 3 nitrogen and oxygen atoms in total. The minimum Gasteiger partial charge on any atom is -0.372 e. The average Bonchev–Trinajstić information content (AvgIpc) is 2.78. The molecule has 2 aliphatic rings. The molecular weight excluding hydrogens is 424 g/mol. The van der Waals surface area contributed by atoms with Crippen molar-refractivity contribution in [1.82, 2.24) is 0 Å². The van der Waals surface area contributed by atoms with Gasteiger partial charge in [-0.25, -0.2) is 0 Å². The summed E-state index contributed by atoms with van der Waals surface area (Å²) in [7, 11) is 0. The van der Waals surface area contributed by atoms with Gasteiger partial charge in [-0.05, 0) is 60.6 Å². The van der Waals surface area contributed by atoms with E-state index >= 15 is 0 Å². The maximum atomic E-state index is 13.3. The van der Waals surface area contributed by atoms with Gasteiger partial charge in [0.1, 0.15) is 0 Å². The summed E-state index contributed by atoms with van der Waals surface area (Å²) in [5, 5.41) is 7.26. The van der Waals surface area contributed by atoms with E-state index in [1.54, 1.807) is 0 Å². The first-order chi connectivity index (χ1) is 13.7. The number of halogens is 1. The van der Waals surface area contributed by atoms with Gasteiger partial charge in [0.15, 0.2) is 5.78 Å². The Morgan fingerprint density at radius 2 is 1.72 bits per heavy atom. The van der Waals surface area contributed by atoms with E-state index in [1.807, 2.05) is 18.2 Å². The number of ketones is 1. The van der Waals surface area contributed by atoms with Gasteiger partial charge in [-0.2, -0.15) is 0 Å². The van der Waals surface area contributed by atoms with Crippen molar-refractivity contribution < 1.29 is 4.79 Å². The molecule has 4 rings (SSSR count). The number of fused-ring (bicyclic) bond motifs is 1. The van der Waals surface area contributed by atoms with E-state index in [0.717, 1.165) is 39.1 Å². The minimum absolute atomic E-state index is 0.0483. The van der Waals surface area contributed by atoms with Crippen molar-refractivity contribution in [3.05, 3.63) is 74.9 Å². The maximum Gasteiger partial charge on any atom is 0.163 e. The first-order valence-corrected chi connectivity index (χ1v) is 10.9. The maximum absolute atomic E-state index is 13.3. The van der Waals surface area contributed by atoms with Crippen LogP contribution < -0.4 is 10.6 Å². The Morgan fingerprint density at radius 1 is 1.07 bits per heavy atom. The van der Waals surface area contributed by atoms with Crippen LogP contribution in [0, 0.1) is 19.3 Å². The molecule has 0 radical (unpaired) electrons. The molecule has 1 aliphatic heterocycles. The quantitative estimate of drug-likeness (QED) is 0.541. The molecule has 29 heavy (non-hydrogen) atoms. The molecule has 1 heterocycles. The zero-order valence-electron chi connectivity index (χ0n) is 17.4. The van der Waals surface area contributed by atoms with Crippen LogP contribution in [0.4, 0.5) is 11.4 Å². The van der Waals surface area contributed by atoms with E-state index in [-0.39, 0.29) is 17.2 Å². The Bertz CT molecular complexity index is 1030. The predicted octanol–water partition coefficient (Wildman–Crippen LogP) is 6.59. The molecule has 150 valence electrons. The zero-order valence-corrected chi connectivity index (χ0v) is 19.0. The summed E-state index contributed by atoms with van der Waals surface area (Å²) in [4.78, 5) is 13.3. The van der Waals surface area contributed by atoms with Gasteiger partial charge in [0, 0.05) is 22.2 Å². The SMILES string of the molecule is Cc1cc2c(cc1C)N[C@@H](/C(Br)=C/c1ccccc1)C1=C(CC(C)(C)CC1=O)N2. The summed E-state index contributed by atoms with van der Waals surface area (Å²) < 4.78 is 0.956. The monoisotopic (exact) mass is 450 g/mol. The van der Waals surface area contributed by atoms with Crippen molar-refractivity contribution in [3.63, 3.8) is 0 Å². The number of Topliss-reactive ketones (excluding diaryl/α,β-unsaturated/α-hetero) is 1. The van der Waals surface area contributed by atoms with E-state index in [0.29, 0.717) is 6.42 Å². The van der Waals surface area contributed by atoms with Gasteiger partial charge in [0.2, 0.25) is 0 Å². The molecule has 4 heteroatoms. The number of allylic oxidation sites excluding steroid dienone is 1. The first kappa shape index (κ1) is 20.0. The summed E-state index contributed by atoms with van der Waals surface area (Å²) >= 11 is 3.80. The number of anilines is 2. The molecular formula is C25H27BrN2O. The summed E-state index contributed by atoms with van der Waals surface area (Å²) in [6, 6.07) is 14.3. The van der Waals surface area contributed by atoms with Gasteiger partial charge in [-0.3, -0.25) is 4.79 Å². The van der Waals surface area contributed by atoms with Crippen LogP contribution in [-0.4, -0.2) is 11.8 Å². The van der Waals surface area contributed by atoms with Crippen molar-refractivity contribution in [2.75, 3.05) is 10.6 Å². The fraction of sp³-hybridized carbons (Fsp3) is 0.320. The Morgan fingerprint density at radius 3 is 2.41 bits per heavy atom. The van der Waals surface area contributed by atoms with E-state index in [1.165, 1.54) is 11.1 Å². The fourth-order valence-corrected chi connectivity index (χ4v) is 4.82. The zero-order chi connectivity index (χ0) is 20.8. The van der Waals surface area contributed by atoms with Crippen molar-refractivity contribution in [2.24, 2.45) is 5.41 Å². The second kappa shape index (κ2) is 7.49. The standard InChI is InChI=1S/C25H27BrN2O/c1-15-10-19-20(11-16(15)2)28-24(18(26)12-17-8-6-5-7-9-17)23-21(27-19)13-25(3,4)14-22(23)29/h5-12,24,27-28H,13-14H2,1-4H3/b18-12-/t24-/m0/s1. The third-order valence-corrected chi connectivity index (χ3v) is 6.49. The van der Waals surface area contributed by atoms with Crippen LogP contribution in [0.3, 0.4) is 0 Å². The van der Waals surface area contributed by atoms with Crippen LogP contribution in [0.5, 0.6) is 0 Å². The van der Waals surface area contributed by atoms with Gasteiger partial charge in [-0.15, -0.1) is 0 Å². The van der Waals surface area contributed by atoms with E-state index in [4.69, 9.17) is 0 Å². The lowest BCUT2D eigenvalue weighted by molar-refractivity contribution is -0.118. The normalized spacial score (nSPS) is 20.9. The van der Waals surface area contributed by atoms with Crippen LogP contribution in [-0.2, 0) is 4.79 Å². The largest absolute Gasteiger partial charge is 0.372 e. The number of rotatable bonds is 2. The van der Waals surface area contributed by atoms with Crippen molar-refractivity contribution >= 4 is 39.2 Å². The Hall–Kier alpha value is -2.33. The molecule has 0 fully saturated rings. The highest BCUT2D eigenvalue weighted by Gasteiger charge is 2.39. The molecule has 2 aromatic rings. The fourth-order valence-electron chi connectivity index (χ4n) is 4.21. The lowest BCUT2D eigenvalue weighted by Gasteiger charge is -2.34. The molecule has 1 aliphatic carbocycles. The second-order valence-corrected chi connectivity index (χ2v) is 9.87. The van der Waals surface area contributed by atoms with E-state index in [9.17, 15) is 4.79 Å². The van der Waals surface area contributed by atoms with Crippen LogP contribution in [0.25, 0.3) is 6.08 Å².